The van der Waals surface area contributed by atoms with Crippen molar-refractivity contribution in [3.8, 4) is 5.75 Å². The van der Waals surface area contributed by atoms with E-state index < -0.39 is 6.04 Å². The molecule has 0 saturated carbocycles. The van der Waals surface area contributed by atoms with Crippen molar-refractivity contribution >= 4 is 27.7 Å². The minimum atomic E-state index is -0.598. The summed E-state index contributed by atoms with van der Waals surface area (Å²) in [6.45, 7) is 8.76. The molecule has 1 atom stereocenters. The fourth-order valence-electron chi connectivity index (χ4n) is 3.23. The molecule has 0 radical (unpaired) electrons. The van der Waals surface area contributed by atoms with Crippen molar-refractivity contribution in [2.24, 2.45) is 0 Å². The third-order valence-corrected chi connectivity index (χ3v) is 5.81. The number of amides is 2. The van der Waals surface area contributed by atoms with Crippen molar-refractivity contribution in [1.82, 2.24) is 10.2 Å². The first-order valence-corrected chi connectivity index (χ1v) is 11.7. The Kier molecular flexibility index (Phi) is 10.0. The predicted molar refractivity (Wildman–Crippen MR) is 128 cm³/mol. The van der Waals surface area contributed by atoms with Crippen molar-refractivity contribution in [1.29, 1.82) is 0 Å². The van der Waals surface area contributed by atoms with Crippen LogP contribution in [0.15, 0.2) is 46.9 Å². The highest BCUT2D eigenvalue weighted by Crippen LogP contribution is 2.26. The number of carbonyl (C=O) groups excluding carboxylic acids is 2. The van der Waals surface area contributed by atoms with Gasteiger partial charge in [0.2, 0.25) is 5.91 Å². The second-order valence-corrected chi connectivity index (χ2v) is 8.59. The van der Waals surface area contributed by atoms with E-state index in [1.807, 2.05) is 49.4 Å². The molecule has 0 aliphatic rings. The molecule has 168 valence electrons. The summed E-state index contributed by atoms with van der Waals surface area (Å²) in [6, 6.07) is 13.2. The Morgan fingerprint density at radius 3 is 2.55 bits per heavy atom. The molecule has 2 aromatic carbocycles. The van der Waals surface area contributed by atoms with Gasteiger partial charge in [-0.15, -0.1) is 0 Å². The number of ether oxygens (including phenoxy) is 1. The van der Waals surface area contributed by atoms with E-state index in [4.69, 9.17) is 4.74 Å². The summed E-state index contributed by atoms with van der Waals surface area (Å²) >= 11 is 3.51. The Morgan fingerprint density at radius 1 is 1.13 bits per heavy atom. The topological polar surface area (TPSA) is 58.6 Å². The molecule has 0 saturated heterocycles. The zero-order chi connectivity index (χ0) is 22.8. The number of carbonyl (C=O) groups is 2. The molecule has 2 rings (SSSR count). The summed E-state index contributed by atoms with van der Waals surface area (Å²) in [5, 5.41) is 2.93. The summed E-state index contributed by atoms with van der Waals surface area (Å²) in [4.78, 5) is 27.4. The lowest BCUT2D eigenvalue weighted by Gasteiger charge is -2.29. The van der Waals surface area contributed by atoms with Crippen LogP contribution in [0.25, 0.3) is 0 Å². The van der Waals surface area contributed by atoms with Gasteiger partial charge in [-0.3, -0.25) is 9.59 Å². The van der Waals surface area contributed by atoms with Gasteiger partial charge in [-0.25, -0.2) is 0 Å². The molecule has 0 aromatic heterocycles. The van der Waals surface area contributed by atoms with Crippen molar-refractivity contribution in [3.05, 3.63) is 63.6 Å². The van der Waals surface area contributed by atoms with Crippen LogP contribution in [0.4, 0.5) is 0 Å². The Bertz CT molecular complexity index is 885. The average Bonchev–Trinajstić information content (AvgIpc) is 2.76. The van der Waals surface area contributed by atoms with Crippen LogP contribution in [0.1, 0.15) is 50.3 Å². The Hall–Kier alpha value is -2.34. The number of hydrogen-bond acceptors (Lipinski definition) is 3. The van der Waals surface area contributed by atoms with Crippen LogP contribution in [0.3, 0.4) is 0 Å². The van der Waals surface area contributed by atoms with Crippen LogP contribution >= 0.6 is 15.9 Å². The lowest BCUT2D eigenvalue weighted by molar-refractivity contribution is -0.142. The third kappa shape index (κ3) is 7.69. The van der Waals surface area contributed by atoms with Gasteiger partial charge in [0.15, 0.2) is 6.61 Å². The van der Waals surface area contributed by atoms with Gasteiger partial charge in [0, 0.05) is 13.1 Å². The fraction of sp³-hybridized carbons (Fsp3) is 0.440. The standard InChI is InChI=1S/C25H33BrN2O3/c1-5-7-13-27-25(30)19(4)28(16-21-10-8-9-18(3)14-21)24(29)17-31-23-12-11-20(6-2)15-22(23)26/h8-12,14-15,19H,5-7,13,16-17H2,1-4H3,(H,27,30)/t19-/m1/s1. The maximum absolute atomic E-state index is 13.1. The highest BCUT2D eigenvalue weighted by Gasteiger charge is 2.26. The second-order valence-electron chi connectivity index (χ2n) is 7.74. The minimum absolute atomic E-state index is 0.136. The molecule has 0 spiro atoms. The van der Waals surface area contributed by atoms with E-state index >= 15 is 0 Å². The van der Waals surface area contributed by atoms with Crippen LogP contribution < -0.4 is 10.1 Å². The van der Waals surface area contributed by atoms with Gasteiger partial charge in [-0.2, -0.15) is 0 Å². The van der Waals surface area contributed by atoms with Crippen molar-refractivity contribution in [3.63, 3.8) is 0 Å². The minimum Gasteiger partial charge on any atom is -0.483 e. The number of hydrogen-bond donors (Lipinski definition) is 1. The van der Waals surface area contributed by atoms with E-state index in [-0.39, 0.29) is 18.4 Å². The molecule has 0 fully saturated rings. The smallest absolute Gasteiger partial charge is 0.261 e. The van der Waals surface area contributed by atoms with Crippen molar-refractivity contribution in [2.75, 3.05) is 13.2 Å². The van der Waals surface area contributed by atoms with Crippen LogP contribution in [-0.2, 0) is 22.6 Å². The molecule has 0 aliphatic carbocycles. The number of benzene rings is 2. The quantitative estimate of drug-likeness (QED) is 0.451. The van der Waals surface area contributed by atoms with E-state index in [2.05, 4.69) is 35.1 Å². The van der Waals surface area contributed by atoms with Crippen LogP contribution in [0.2, 0.25) is 0 Å². The van der Waals surface area contributed by atoms with Gasteiger partial charge in [0.1, 0.15) is 11.8 Å². The second kappa shape index (κ2) is 12.5. The van der Waals surface area contributed by atoms with Crippen LogP contribution in [-0.4, -0.2) is 35.9 Å². The average molecular weight is 489 g/mol. The Balaban J connectivity index is 2.13. The SMILES string of the molecule is CCCCNC(=O)[C@@H](C)N(Cc1cccc(C)c1)C(=O)COc1ccc(CC)cc1Br. The Morgan fingerprint density at radius 2 is 1.90 bits per heavy atom. The molecule has 0 bridgehead atoms. The summed E-state index contributed by atoms with van der Waals surface area (Å²) in [7, 11) is 0. The zero-order valence-corrected chi connectivity index (χ0v) is 20.5. The molecule has 0 unspecified atom stereocenters. The highest BCUT2D eigenvalue weighted by atomic mass is 79.9. The molecule has 0 heterocycles. The van der Waals surface area contributed by atoms with Gasteiger partial charge in [-0.05, 0) is 65.9 Å². The van der Waals surface area contributed by atoms with Crippen LogP contribution in [0.5, 0.6) is 5.75 Å². The normalized spacial score (nSPS) is 11.6. The third-order valence-electron chi connectivity index (χ3n) is 5.19. The molecule has 0 aliphatic heterocycles. The van der Waals surface area contributed by atoms with Crippen molar-refractivity contribution < 1.29 is 14.3 Å². The van der Waals surface area contributed by atoms with E-state index in [9.17, 15) is 9.59 Å². The van der Waals surface area contributed by atoms with Crippen molar-refractivity contribution in [2.45, 2.75) is 59.5 Å². The van der Waals surface area contributed by atoms with E-state index in [1.54, 1.807) is 11.8 Å². The maximum Gasteiger partial charge on any atom is 0.261 e. The fourth-order valence-corrected chi connectivity index (χ4v) is 3.77. The number of rotatable bonds is 11. The first-order valence-electron chi connectivity index (χ1n) is 10.9. The molecule has 1 N–H and O–H groups in total. The van der Waals surface area contributed by atoms with Crippen LogP contribution in [0, 0.1) is 6.92 Å². The maximum atomic E-state index is 13.1. The number of nitrogens with zero attached hydrogens (tertiary/aromatic N) is 1. The first-order chi connectivity index (χ1) is 14.8. The van der Waals surface area contributed by atoms with Gasteiger partial charge in [-0.1, -0.05) is 56.2 Å². The molecular weight excluding hydrogens is 456 g/mol. The number of nitrogens with one attached hydrogen (secondary N) is 1. The number of halogens is 1. The monoisotopic (exact) mass is 488 g/mol. The predicted octanol–water partition coefficient (Wildman–Crippen LogP) is 5.03. The lowest BCUT2D eigenvalue weighted by Crippen LogP contribution is -2.49. The number of aryl methyl sites for hydroxylation is 2. The van der Waals surface area contributed by atoms with Gasteiger partial charge < -0.3 is 15.0 Å². The van der Waals surface area contributed by atoms with E-state index in [0.29, 0.717) is 18.8 Å². The summed E-state index contributed by atoms with van der Waals surface area (Å²) in [6.07, 6.45) is 2.84. The van der Waals surface area contributed by atoms with Gasteiger partial charge >= 0.3 is 0 Å². The molecular formula is C25H33BrN2O3. The highest BCUT2D eigenvalue weighted by molar-refractivity contribution is 9.10. The molecule has 5 nitrogen and oxygen atoms in total. The Labute approximate surface area is 194 Å². The number of unbranched alkanes of at least 4 members (excludes halogenated alkanes) is 1. The van der Waals surface area contributed by atoms with Gasteiger partial charge in [0.25, 0.3) is 5.91 Å². The molecule has 6 heteroatoms. The van der Waals surface area contributed by atoms with E-state index in [1.165, 1.54) is 5.56 Å². The summed E-state index contributed by atoms with van der Waals surface area (Å²) in [5.74, 6) is 0.232. The largest absolute Gasteiger partial charge is 0.483 e. The molecule has 2 aromatic rings. The van der Waals surface area contributed by atoms with Gasteiger partial charge in [0.05, 0.1) is 4.47 Å². The summed E-state index contributed by atoms with van der Waals surface area (Å²) in [5.41, 5.74) is 3.28. The lowest BCUT2D eigenvalue weighted by atomic mass is 10.1. The zero-order valence-electron chi connectivity index (χ0n) is 18.9. The first kappa shape index (κ1) is 24.9. The van der Waals surface area contributed by atoms with E-state index in [0.717, 1.165) is 34.9 Å². The molecule has 2 amide bonds. The molecule has 31 heavy (non-hydrogen) atoms. The summed E-state index contributed by atoms with van der Waals surface area (Å²) < 4.78 is 6.61.